The summed E-state index contributed by atoms with van der Waals surface area (Å²) in [7, 11) is 2.05. The highest BCUT2D eigenvalue weighted by Crippen LogP contribution is 2.40. The summed E-state index contributed by atoms with van der Waals surface area (Å²) >= 11 is 3.74. The number of thiophene rings is 2. The molecule has 1 atom stereocenters. The summed E-state index contributed by atoms with van der Waals surface area (Å²) in [4.78, 5) is 1.45. The second-order valence-corrected chi connectivity index (χ2v) is 6.95. The normalized spacial score (nSPS) is 14.7. The third-order valence-corrected chi connectivity index (χ3v) is 4.76. The second-order valence-electron chi connectivity index (χ2n) is 4.89. The van der Waals surface area contributed by atoms with Gasteiger partial charge >= 0.3 is 0 Å². The molecule has 0 saturated heterocycles. The third-order valence-electron chi connectivity index (χ3n) is 2.60. The van der Waals surface area contributed by atoms with E-state index in [1.54, 1.807) is 0 Å². The summed E-state index contributed by atoms with van der Waals surface area (Å²) in [6.07, 6.45) is 0. The van der Waals surface area contributed by atoms with Gasteiger partial charge in [0.15, 0.2) is 0 Å². The van der Waals surface area contributed by atoms with Gasteiger partial charge in [-0.2, -0.15) is 0 Å². The summed E-state index contributed by atoms with van der Waals surface area (Å²) in [5.41, 5.74) is 0.266. The van der Waals surface area contributed by atoms with Gasteiger partial charge in [0.2, 0.25) is 0 Å². The predicted octanol–water partition coefficient (Wildman–Crippen LogP) is 4.27. The van der Waals surface area contributed by atoms with Crippen LogP contribution in [0.25, 0.3) is 9.40 Å². The molecule has 0 amide bonds. The maximum atomic E-state index is 3.42. The van der Waals surface area contributed by atoms with Crippen LogP contribution < -0.4 is 5.32 Å². The van der Waals surface area contributed by atoms with E-state index in [0.29, 0.717) is 6.04 Å². The molecule has 0 aliphatic carbocycles. The molecular formula is C12H17NS2. The van der Waals surface area contributed by atoms with Gasteiger partial charge in [-0.25, -0.2) is 0 Å². The van der Waals surface area contributed by atoms with Crippen molar-refractivity contribution in [3.05, 3.63) is 22.4 Å². The number of fused-ring (bicyclic) bond motifs is 1. The fraction of sp³-hybridized carbons (Fsp3) is 0.500. The quantitative estimate of drug-likeness (QED) is 0.825. The lowest BCUT2D eigenvalue weighted by molar-refractivity contribution is 0.291. The zero-order chi connectivity index (χ0) is 11.1. The lowest BCUT2D eigenvalue weighted by Gasteiger charge is -2.29. The standard InChI is InChI=1S/C12H17NS2/c1-12(2,3)11(13-4)10-7-9-8(15-10)5-6-14-9/h5-7,11,13H,1-4H3. The molecule has 0 bridgehead atoms. The fourth-order valence-electron chi connectivity index (χ4n) is 1.93. The highest BCUT2D eigenvalue weighted by atomic mass is 32.1. The summed E-state index contributed by atoms with van der Waals surface area (Å²) in [5, 5.41) is 5.59. The van der Waals surface area contributed by atoms with Gasteiger partial charge in [0, 0.05) is 20.3 Å². The van der Waals surface area contributed by atoms with E-state index in [4.69, 9.17) is 0 Å². The van der Waals surface area contributed by atoms with Crippen LogP contribution in [0.1, 0.15) is 31.7 Å². The average molecular weight is 239 g/mol. The SMILES string of the molecule is CNC(c1cc2sccc2s1)C(C)(C)C. The molecule has 0 spiro atoms. The summed E-state index contributed by atoms with van der Waals surface area (Å²) in [6.45, 7) is 6.84. The lowest BCUT2D eigenvalue weighted by Crippen LogP contribution is -2.28. The number of hydrogen-bond donors (Lipinski definition) is 1. The monoisotopic (exact) mass is 239 g/mol. The molecule has 15 heavy (non-hydrogen) atoms. The Balaban J connectivity index is 2.40. The van der Waals surface area contributed by atoms with Crippen LogP contribution in [-0.2, 0) is 0 Å². The van der Waals surface area contributed by atoms with Crippen LogP contribution in [0.5, 0.6) is 0 Å². The Hall–Kier alpha value is -0.380. The molecule has 0 aliphatic heterocycles. The first kappa shape index (κ1) is 11.1. The minimum absolute atomic E-state index is 0.266. The predicted molar refractivity (Wildman–Crippen MR) is 71.0 cm³/mol. The summed E-state index contributed by atoms with van der Waals surface area (Å²) < 4.78 is 2.83. The maximum absolute atomic E-state index is 3.42. The Morgan fingerprint density at radius 3 is 2.53 bits per heavy atom. The number of rotatable bonds is 2. The Kier molecular flexibility index (Phi) is 2.88. The van der Waals surface area contributed by atoms with Crippen molar-refractivity contribution in [1.29, 1.82) is 0 Å². The van der Waals surface area contributed by atoms with E-state index in [0.717, 1.165) is 0 Å². The first-order chi connectivity index (χ1) is 7.02. The smallest absolute Gasteiger partial charge is 0.0462 e. The van der Waals surface area contributed by atoms with Crippen molar-refractivity contribution < 1.29 is 0 Å². The van der Waals surface area contributed by atoms with Crippen molar-refractivity contribution >= 4 is 32.1 Å². The molecule has 0 aliphatic rings. The van der Waals surface area contributed by atoms with Crippen LogP contribution >= 0.6 is 22.7 Å². The van der Waals surface area contributed by atoms with E-state index >= 15 is 0 Å². The van der Waals surface area contributed by atoms with E-state index in [2.05, 4.69) is 43.6 Å². The first-order valence-electron chi connectivity index (χ1n) is 5.16. The fourth-order valence-corrected chi connectivity index (χ4v) is 4.40. The van der Waals surface area contributed by atoms with Crippen LogP contribution in [0.3, 0.4) is 0 Å². The van der Waals surface area contributed by atoms with Gasteiger partial charge in [0.25, 0.3) is 0 Å². The molecule has 2 heterocycles. The van der Waals surface area contributed by atoms with Gasteiger partial charge in [-0.05, 0) is 30.0 Å². The van der Waals surface area contributed by atoms with Crippen molar-refractivity contribution in [3.8, 4) is 0 Å². The molecular weight excluding hydrogens is 222 g/mol. The van der Waals surface area contributed by atoms with E-state index in [-0.39, 0.29) is 5.41 Å². The molecule has 1 N–H and O–H groups in total. The largest absolute Gasteiger partial charge is 0.312 e. The van der Waals surface area contributed by atoms with Crippen LogP contribution in [0.4, 0.5) is 0 Å². The molecule has 2 aromatic heterocycles. The molecule has 0 aromatic carbocycles. The van der Waals surface area contributed by atoms with Crippen LogP contribution in [0.15, 0.2) is 17.5 Å². The number of nitrogens with one attached hydrogen (secondary N) is 1. The Labute approximate surface area is 99.1 Å². The average Bonchev–Trinajstić information content (AvgIpc) is 2.61. The van der Waals surface area contributed by atoms with Crippen LogP contribution in [0.2, 0.25) is 0 Å². The van der Waals surface area contributed by atoms with Gasteiger partial charge in [0.05, 0.1) is 0 Å². The van der Waals surface area contributed by atoms with Crippen LogP contribution in [-0.4, -0.2) is 7.05 Å². The maximum Gasteiger partial charge on any atom is 0.0462 e. The van der Waals surface area contributed by atoms with E-state index < -0.39 is 0 Å². The zero-order valence-corrected chi connectivity index (χ0v) is 11.3. The van der Waals surface area contributed by atoms with Gasteiger partial charge in [-0.15, -0.1) is 22.7 Å². The summed E-state index contributed by atoms with van der Waals surface area (Å²) in [5.74, 6) is 0. The highest BCUT2D eigenvalue weighted by Gasteiger charge is 2.26. The highest BCUT2D eigenvalue weighted by molar-refractivity contribution is 7.26. The molecule has 0 radical (unpaired) electrons. The van der Waals surface area contributed by atoms with Gasteiger partial charge in [-0.1, -0.05) is 20.8 Å². The summed E-state index contributed by atoms with van der Waals surface area (Å²) in [6, 6.07) is 4.99. The van der Waals surface area contributed by atoms with Crippen molar-refractivity contribution in [3.63, 3.8) is 0 Å². The molecule has 2 aromatic rings. The Bertz CT molecular complexity index is 419. The number of hydrogen-bond acceptors (Lipinski definition) is 3. The molecule has 82 valence electrons. The molecule has 2 rings (SSSR count). The zero-order valence-electron chi connectivity index (χ0n) is 9.63. The molecule has 3 heteroatoms. The van der Waals surface area contributed by atoms with Crippen molar-refractivity contribution in [2.24, 2.45) is 5.41 Å². The minimum Gasteiger partial charge on any atom is -0.312 e. The van der Waals surface area contributed by atoms with Crippen molar-refractivity contribution in [2.75, 3.05) is 7.05 Å². The molecule has 0 fully saturated rings. The third kappa shape index (κ3) is 2.10. The van der Waals surface area contributed by atoms with Gasteiger partial charge < -0.3 is 5.32 Å². The first-order valence-corrected chi connectivity index (χ1v) is 6.86. The van der Waals surface area contributed by atoms with E-state index in [1.165, 1.54) is 14.3 Å². The Morgan fingerprint density at radius 1 is 1.27 bits per heavy atom. The minimum atomic E-state index is 0.266. The van der Waals surface area contributed by atoms with Crippen molar-refractivity contribution in [1.82, 2.24) is 5.32 Å². The van der Waals surface area contributed by atoms with E-state index in [9.17, 15) is 0 Å². The van der Waals surface area contributed by atoms with E-state index in [1.807, 2.05) is 29.7 Å². The van der Waals surface area contributed by atoms with Crippen molar-refractivity contribution in [2.45, 2.75) is 26.8 Å². The second kappa shape index (κ2) is 3.89. The Morgan fingerprint density at radius 2 is 2.00 bits per heavy atom. The molecule has 0 saturated carbocycles. The van der Waals surface area contributed by atoms with Crippen LogP contribution in [0, 0.1) is 5.41 Å². The topological polar surface area (TPSA) is 12.0 Å². The van der Waals surface area contributed by atoms with Gasteiger partial charge in [0.1, 0.15) is 0 Å². The molecule has 1 unspecified atom stereocenters. The lowest BCUT2D eigenvalue weighted by atomic mass is 9.86. The van der Waals surface area contributed by atoms with Gasteiger partial charge in [-0.3, -0.25) is 0 Å². The molecule has 1 nitrogen and oxygen atoms in total.